The van der Waals surface area contributed by atoms with Gasteiger partial charge in [-0.3, -0.25) is 9.89 Å². The summed E-state index contributed by atoms with van der Waals surface area (Å²) in [5.74, 6) is 2.71. The van der Waals surface area contributed by atoms with Crippen LogP contribution >= 0.6 is 11.6 Å². The van der Waals surface area contributed by atoms with Crippen LogP contribution in [0.1, 0.15) is 23.1 Å². The molecule has 1 aromatic carbocycles. The quantitative estimate of drug-likeness (QED) is 0.591. The van der Waals surface area contributed by atoms with Crippen LogP contribution in [0.5, 0.6) is 0 Å². The number of furan rings is 1. The third-order valence-corrected chi connectivity index (χ3v) is 5.34. The number of aliphatic imine (C=N–C) groups is 1. The lowest BCUT2D eigenvalue weighted by atomic mass is 10.1. The van der Waals surface area contributed by atoms with Gasteiger partial charge in [0, 0.05) is 45.3 Å². The van der Waals surface area contributed by atoms with Gasteiger partial charge < -0.3 is 19.4 Å². The average molecular weight is 405 g/mol. The molecule has 0 amide bonds. The predicted molar refractivity (Wildman–Crippen MR) is 113 cm³/mol. The van der Waals surface area contributed by atoms with Gasteiger partial charge in [0.25, 0.3) is 0 Å². The molecule has 7 heteroatoms. The van der Waals surface area contributed by atoms with Crippen molar-refractivity contribution < 1.29 is 9.15 Å². The van der Waals surface area contributed by atoms with Gasteiger partial charge in [0.05, 0.1) is 19.3 Å². The van der Waals surface area contributed by atoms with Crippen molar-refractivity contribution in [3.63, 3.8) is 0 Å². The van der Waals surface area contributed by atoms with E-state index >= 15 is 0 Å². The van der Waals surface area contributed by atoms with Crippen molar-refractivity contribution in [1.82, 2.24) is 15.1 Å². The van der Waals surface area contributed by atoms with Crippen molar-refractivity contribution in [3.05, 3.63) is 58.5 Å². The highest BCUT2D eigenvalue weighted by molar-refractivity contribution is 6.31. The van der Waals surface area contributed by atoms with E-state index in [1.807, 2.05) is 44.3 Å². The Kier molecular flexibility index (Phi) is 7.36. The van der Waals surface area contributed by atoms with Crippen LogP contribution in [0.3, 0.4) is 0 Å². The number of hydrogen-bond acceptors (Lipinski definition) is 4. The maximum Gasteiger partial charge on any atom is 0.193 e. The Bertz CT molecular complexity index is 786. The first-order valence-electron chi connectivity index (χ1n) is 9.62. The fourth-order valence-electron chi connectivity index (χ4n) is 3.46. The van der Waals surface area contributed by atoms with Crippen LogP contribution in [-0.2, 0) is 11.3 Å². The zero-order valence-electron chi connectivity index (χ0n) is 16.8. The van der Waals surface area contributed by atoms with Gasteiger partial charge in [0.1, 0.15) is 11.5 Å². The molecule has 1 aliphatic rings. The SMILES string of the molecule is CN=C(NCC(c1ccc(C)o1)N1CCOCC1)N(C)Cc1ccccc1Cl. The molecule has 1 aromatic heterocycles. The number of hydrogen-bond donors (Lipinski definition) is 1. The van der Waals surface area contributed by atoms with E-state index in [0.29, 0.717) is 13.1 Å². The second-order valence-electron chi connectivity index (χ2n) is 6.99. The zero-order valence-corrected chi connectivity index (χ0v) is 17.6. The second kappa shape index (κ2) is 9.96. The molecule has 2 aromatic rings. The fourth-order valence-corrected chi connectivity index (χ4v) is 3.66. The highest BCUT2D eigenvalue weighted by Crippen LogP contribution is 2.23. The number of ether oxygens (including phenoxy) is 1. The second-order valence-corrected chi connectivity index (χ2v) is 7.40. The first kappa shape index (κ1) is 20.7. The van der Waals surface area contributed by atoms with Crippen LogP contribution in [-0.4, -0.2) is 62.7 Å². The summed E-state index contributed by atoms with van der Waals surface area (Å²) < 4.78 is 11.5. The lowest BCUT2D eigenvalue weighted by Gasteiger charge is -2.34. The van der Waals surface area contributed by atoms with E-state index in [4.69, 9.17) is 20.8 Å². The molecule has 1 aliphatic heterocycles. The number of halogens is 1. The van der Waals surface area contributed by atoms with Crippen LogP contribution in [0.25, 0.3) is 0 Å². The number of nitrogens with one attached hydrogen (secondary N) is 1. The van der Waals surface area contributed by atoms with Gasteiger partial charge in [-0.05, 0) is 30.7 Å². The maximum atomic E-state index is 6.31. The Morgan fingerprint density at radius 1 is 1.25 bits per heavy atom. The highest BCUT2D eigenvalue weighted by atomic mass is 35.5. The van der Waals surface area contributed by atoms with Gasteiger partial charge >= 0.3 is 0 Å². The topological polar surface area (TPSA) is 53.2 Å². The summed E-state index contributed by atoms with van der Waals surface area (Å²) in [6.07, 6.45) is 0. The molecule has 28 heavy (non-hydrogen) atoms. The fraction of sp³-hybridized carbons (Fsp3) is 0.476. The molecule has 6 nitrogen and oxygen atoms in total. The molecule has 0 spiro atoms. The van der Waals surface area contributed by atoms with Crippen molar-refractivity contribution in [2.45, 2.75) is 19.5 Å². The van der Waals surface area contributed by atoms with Gasteiger partial charge in [-0.1, -0.05) is 29.8 Å². The Balaban J connectivity index is 1.67. The first-order chi connectivity index (χ1) is 13.6. The molecule has 152 valence electrons. The minimum Gasteiger partial charge on any atom is -0.465 e. The Hall–Kier alpha value is -2.02. The minimum absolute atomic E-state index is 0.128. The van der Waals surface area contributed by atoms with E-state index in [-0.39, 0.29) is 6.04 Å². The van der Waals surface area contributed by atoms with E-state index in [9.17, 15) is 0 Å². The van der Waals surface area contributed by atoms with Gasteiger partial charge in [-0.2, -0.15) is 0 Å². The maximum absolute atomic E-state index is 6.31. The van der Waals surface area contributed by atoms with Crippen molar-refractivity contribution in [1.29, 1.82) is 0 Å². The van der Waals surface area contributed by atoms with Crippen LogP contribution in [0.15, 0.2) is 45.8 Å². The zero-order chi connectivity index (χ0) is 19.9. The molecule has 3 rings (SSSR count). The lowest BCUT2D eigenvalue weighted by molar-refractivity contribution is 0.0123. The van der Waals surface area contributed by atoms with E-state index in [1.165, 1.54) is 0 Å². The largest absolute Gasteiger partial charge is 0.465 e. The molecule has 1 N–H and O–H groups in total. The summed E-state index contributed by atoms with van der Waals surface area (Å²) >= 11 is 6.31. The van der Waals surface area contributed by atoms with E-state index < -0.39 is 0 Å². The van der Waals surface area contributed by atoms with Crippen molar-refractivity contribution >= 4 is 17.6 Å². The third kappa shape index (κ3) is 5.28. The van der Waals surface area contributed by atoms with Gasteiger partial charge in [-0.25, -0.2) is 0 Å². The number of benzene rings is 1. The normalized spacial score (nSPS) is 16.8. The minimum atomic E-state index is 0.128. The molecule has 1 saturated heterocycles. The summed E-state index contributed by atoms with van der Waals surface area (Å²) in [6.45, 7) is 6.63. The molecular weight excluding hydrogens is 376 g/mol. The van der Waals surface area contributed by atoms with Gasteiger partial charge in [-0.15, -0.1) is 0 Å². The van der Waals surface area contributed by atoms with Gasteiger partial charge in [0.15, 0.2) is 5.96 Å². The molecular formula is C21H29ClN4O2. The van der Waals surface area contributed by atoms with Crippen LogP contribution in [0, 0.1) is 6.92 Å². The summed E-state index contributed by atoms with van der Waals surface area (Å²) in [4.78, 5) is 8.92. The Labute approximate surface area is 172 Å². The van der Waals surface area contributed by atoms with Crippen molar-refractivity contribution in [3.8, 4) is 0 Å². The summed E-state index contributed by atoms with van der Waals surface area (Å²) in [5, 5.41) is 4.27. The Morgan fingerprint density at radius 3 is 2.64 bits per heavy atom. The van der Waals surface area contributed by atoms with Gasteiger partial charge in [0.2, 0.25) is 0 Å². The summed E-state index contributed by atoms with van der Waals surface area (Å²) in [7, 11) is 3.81. The van der Waals surface area contributed by atoms with Crippen molar-refractivity contribution in [2.75, 3.05) is 46.9 Å². The van der Waals surface area contributed by atoms with E-state index in [0.717, 1.165) is 54.4 Å². The Morgan fingerprint density at radius 2 is 2.00 bits per heavy atom. The number of rotatable bonds is 6. The molecule has 0 radical (unpaired) electrons. The molecule has 0 bridgehead atoms. The smallest absolute Gasteiger partial charge is 0.193 e. The third-order valence-electron chi connectivity index (χ3n) is 4.97. The number of morpholine rings is 1. The molecule has 1 atom stereocenters. The lowest BCUT2D eigenvalue weighted by Crippen LogP contribution is -2.46. The highest BCUT2D eigenvalue weighted by Gasteiger charge is 2.25. The summed E-state index contributed by atoms with van der Waals surface area (Å²) in [5.41, 5.74) is 1.07. The van der Waals surface area contributed by atoms with Crippen LogP contribution in [0.2, 0.25) is 5.02 Å². The molecule has 1 fully saturated rings. The van der Waals surface area contributed by atoms with E-state index in [1.54, 1.807) is 7.05 Å². The van der Waals surface area contributed by atoms with Crippen LogP contribution < -0.4 is 5.32 Å². The standard InChI is InChI=1S/C21H29ClN4O2/c1-16-8-9-20(28-16)19(26-10-12-27-13-11-26)14-24-21(23-2)25(3)15-17-6-4-5-7-18(17)22/h4-9,19H,10-15H2,1-3H3,(H,23,24). The van der Waals surface area contributed by atoms with E-state index in [2.05, 4.69) is 26.2 Å². The van der Waals surface area contributed by atoms with Crippen LogP contribution in [0.4, 0.5) is 0 Å². The molecule has 0 aliphatic carbocycles. The molecule has 1 unspecified atom stereocenters. The molecule has 2 heterocycles. The van der Waals surface area contributed by atoms with Crippen molar-refractivity contribution in [2.24, 2.45) is 4.99 Å². The average Bonchev–Trinajstić information content (AvgIpc) is 3.13. The number of guanidine groups is 1. The monoisotopic (exact) mass is 404 g/mol. The number of aryl methyl sites for hydroxylation is 1. The first-order valence-corrected chi connectivity index (χ1v) is 9.99. The number of nitrogens with zero attached hydrogens (tertiary/aromatic N) is 3. The molecule has 0 saturated carbocycles. The summed E-state index contributed by atoms with van der Waals surface area (Å²) in [6, 6.07) is 12.1. The predicted octanol–water partition coefficient (Wildman–Crippen LogP) is 3.32.